The highest BCUT2D eigenvalue weighted by Crippen LogP contribution is 2.25. The van der Waals surface area contributed by atoms with E-state index < -0.39 is 17.5 Å². The quantitative estimate of drug-likeness (QED) is 0.345. The molecule has 2 rings (SSSR count). The van der Waals surface area contributed by atoms with E-state index in [2.05, 4.69) is 0 Å². The Bertz CT molecular complexity index is 853. The molecule has 0 fully saturated rings. The predicted octanol–water partition coefficient (Wildman–Crippen LogP) is 2.60. The number of ether oxygens (including phenoxy) is 2. The lowest BCUT2D eigenvalue weighted by Gasteiger charge is -2.08. The van der Waals surface area contributed by atoms with Crippen molar-refractivity contribution in [1.29, 1.82) is 0 Å². The van der Waals surface area contributed by atoms with Gasteiger partial charge in [-0.2, -0.15) is 0 Å². The molecule has 0 bridgehead atoms. The lowest BCUT2D eigenvalue weighted by atomic mass is 10.1. The van der Waals surface area contributed by atoms with Crippen molar-refractivity contribution >= 4 is 17.4 Å². The summed E-state index contributed by atoms with van der Waals surface area (Å²) in [4.78, 5) is 34.7. The highest BCUT2D eigenvalue weighted by molar-refractivity contribution is 6.01. The molecule has 0 radical (unpaired) electrons. The van der Waals surface area contributed by atoms with Crippen LogP contribution in [-0.2, 0) is 11.8 Å². The van der Waals surface area contributed by atoms with Gasteiger partial charge in [0, 0.05) is 36.1 Å². The number of aromatic nitrogens is 1. The predicted molar refractivity (Wildman–Crippen MR) is 89.1 cm³/mol. The topological polar surface area (TPSA) is 101 Å². The third-order valence-corrected chi connectivity index (χ3v) is 4.02. The van der Waals surface area contributed by atoms with E-state index in [1.54, 1.807) is 13.0 Å². The van der Waals surface area contributed by atoms with Crippen molar-refractivity contribution in [2.75, 3.05) is 13.7 Å². The Morgan fingerprint density at radius 2 is 1.88 bits per heavy atom. The minimum atomic E-state index is -0.862. The van der Waals surface area contributed by atoms with Crippen LogP contribution in [0.25, 0.3) is 0 Å². The van der Waals surface area contributed by atoms with Crippen LogP contribution >= 0.6 is 0 Å². The maximum atomic E-state index is 12.3. The highest BCUT2D eigenvalue weighted by atomic mass is 16.6. The van der Waals surface area contributed by atoms with Gasteiger partial charge in [-0.05, 0) is 26.0 Å². The van der Waals surface area contributed by atoms with Crippen LogP contribution in [0.2, 0.25) is 0 Å². The Kier molecular flexibility index (Phi) is 5.21. The molecule has 2 aromatic rings. The molecule has 0 saturated heterocycles. The van der Waals surface area contributed by atoms with Crippen LogP contribution in [0.3, 0.4) is 0 Å². The first kappa shape index (κ1) is 18.2. The van der Waals surface area contributed by atoms with Gasteiger partial charge in [-0.15, -0.1) is 0 Å². The van der Waals surface area contributed by atoms with Crippen LogP contribution in [0.5, 0.6) is 5.75 Å². The summed E-state index contributed by atoms with van der Waals surface area (Å²) in [7, 11) is 3.17. The van der Waals surface area contributed by atoms with Crippen molar-refractivity contribution in [3.8, 4) is 5.75 Å². The smallest absolute Gasteiger partial charge is 0.342 e. The van der Waals surface area contributed by atoms with Gasteiger partial charge in [0.15, 0.2) is 6.61 Å². The number of esters is 1. The number of carbonyl (C=O) groups is 2. The fraction of sp³-hybridized carbons (Fsp3) is 0.294. The van der Waals surface area contributed by atoms with E-state index in [0.717, 1.165) is 17.5 Å². The van der Waals surface area contributed by atoms with E-state index in [9.17, 15) is 19.7 Å². The molecule has 0 spiro atoms. The number of rotatable bonds is 6. The second-order valence-electron chi connectivity index (χ2n) is 5.48. The van der Waals surface area contributed by atoms with Gasteiger partial charge in [0.25, 0.3) is 5.69 Å². The molecule has 8 heteroatoms. The van der Waals surface area contributed by atoms with E-state index in [4.69, 9.17) is 9.47 Å². The number of hydrogen-bond donors (Lipinski definition) is 0. The highest BCUT2D eigenvalue weighted by Gasteiger charge is 2.21. The number of carbonyl (C=O) groups excluding carboxylic acids is 2. The van der Waals surface area contributed by atoms with Crippen LogP contribution < -0.4 is 4.74 Å². The summed E-state index contributed by atoms with van der Waals surface area (Å²) >= 11 is 0. The molecular formula is C17H18N2O6. The Hall–Kier alpha value is -3.16. The number of methoxy groups -OCH3 is 1. The lowest BCUT2D eigenvalue weighted by molar-refractivity contribution is -0.384. The average Bonchev–Trinajstić information content (AvgIpc) is 2.86. The summed E-state index contributed by atoms with van der Waals surface area (Å²) in [5.74, 6) is -1.08. The summed E-state index contributed by atoms with van der Waals surface area (Å²) in [5.41, 5.74) is 1.77. The molecule has 0 aliphatic rings. The zero-order valence-corrected chi connectivity index (χ0v) is 14.4. The van der Waals surface area contributed by atoms with Crippen molar-refractivity contribution in [1.82, 2.24) is 4.57 Å². The molecule has 0 saturated carbocycles. The van der Waals surface area contributed by atoms with Gasteiger partial charge in [0.05, 0.1) is 12.0 Å². The Labute approximate surface area is 144 Å². The second kappa shape index (κ2) is 7.16. The molecule has 132 valence electrons. The molecule has 1 aromatic carbocycles. The summed E-state index contributed by atoms with van der Waals surface area (Å²) in [5, 5.41) is 10.9. The number of nitro groups is 1. The van der Waals surface area contributed by atoms with Gasteiger partial charge in [0.2, 0.25) is 5.78 Å². The van der Waals surface area contributed by atoms with E-state index >= 15 is 0 Å². The van der Waals surface area contributed by atoms with Gasteiger partial charge in [-0.1, -0.05) is 0 Å². The first-order valence-corrected chi connectivity index (χ1v) is 7.42. The van der Waals surface area contributed by atoms with Gasteiger partial charge in [0.1, 0.15) is 11.3 Å². The average molecular weight is 346 g/mol. The van der Waals surface area contributed by atoms with Gasteiger partial charge < -0.3 is 14.0 Å². The van der Waals surface area contributed by atoms with Crippen LogP contribution in [0.1, 0.15) is 32.1 Å². The third kappa shape index (κ3) is 3.68. The lowest BCUT2D eigenvalue weighted by Crippen LogP contribution is -2.15. The summed E-state index contributed by atoms with van der Waals surface area (Å²) in [6.45, 7) is 3.20. The Balaban J connectivity index is 2.17. The monoisotopic (exact) mass is 346 g/mol. The molecule has 0 amide bonds. The number of ketones is 1. The molecule has 0 unspecified atom stereocenters. The summed E-state index contributed by atoms with van der Waals surface area (Å²) < 4.78 is 11.9. The molecule has 1 aromatic heterocycles. The SMILES string of the molecule is COc1ccc([N+](=O)[O-])cc1C(=O)OCC(=O)c1cc(C)n(C)c1C. The normalized spacial score (nSPS) is 10.4. The number of Topliss-reactive ketones (excluding diaryl/α,β-unsaturated/α-hetero) is 1. The minimum absolute atomic E-state index is 0.106. The van der Waals surface area contributed by atoms with E-state index in [0.29, 0.717) is 5.56 Å². The Morgan fingerprint density at radius 1 is 1.20 bits per heavy atom. The van der Waals surface area contributed by atoms with E-state index in [-0.39, 0.29) is 22.8 Å². The number of hydrogen-bond acceptors (Lipinski definition) is 6. The largest absolute Gasteiger partial charge is 0.496 e. The van der Waals surface area contributed by atoms with Crippen LogP contribution in [0, 0.1) is 24.0 Å². The molecule has 0 aliphatic carbocycles. The molecule has 0 N–H and O–H groups in total. The summed E-state index contributed by atoms with van der Waals surface area (Å²) in [6, 6.07) is 5.31. The zero-order valence-electron chi connectivity index (χ0n) is 14.4. The van der Waals surface area contributed by atoms with E-state index in [1.165, 1.54) is 19.2 Å². The molecule has 25 heavy (non-hydrogen) atoms. The van der Waals surface area contributed by atoms with Crippen LogP contribution in [0.4, 0.5) is 5.69 Å². The number of nitrogens with zero attached hydrogens (tertiary/aromatic N) is 2. The standard InChI is InChI=1S/C17H18N2O6/c1-10-7-13(11(2)18(10)3)15(20)9-25-17(21)14-8-12(19(22)23)5-6-16(14)24-4/h5-8H,9H2,1-4H3. The van der Waals surface area contributed by atoms with Crippen molar-refractivity contribution in [2.45, 2.75) is 13.8 Å². The van der Waals surface area contributed by atoms with Crippen molar-refractivity contribution < 1.29 is 24.0 Å². The summed E-state index contributed by atoms with van der Waals surface area (Å²) in [6.07, 6.45) is 0. The zero-order chi connectivity index (χ0) is 18.7. The van der Waals surface area contributed by atoms with Gasteiger partial charge in [-0.25, -0.2) is 4.79 Å². The number of non-ortho nitro benzene ring substituents is 1. The van der Waals surface area contributed by atoms with Crippen LogP contribution in [0.15, 0.2) is 24.3 Å². The van der Waals surface area contributed by atoms with Crippen molar-refractivity contribution in [3.63, 3.8) is 0 Å². The fourth-order valence-electron chi connectivity index (χ4n) is 2.39. The Morgan fingerprint density at radius 3 is 2.40 bits per heavy atom. The van der Waals surface area contributed by atoms with Gasteiger partial charge >= 0.3 is 5.97 Å². The maximum absolute atomic E-state index is 12.3. The first-order chi connectivity index (χ1) is 11.8. The van der Waals surface area contributed by atoms with Crippen molar-refractivity contribution in [2.24, 2.45) is 7.05 Å². The number of benzene rings is 1. The number of nitro benzene ring substituents is 1. The maximum Gasteiger partial charge on any atom is 0.342 e. The molecular weight excluding hydrogens is 328 g/mol. The molecule has 1 heterocycles. The minimum Gasteiger partial charge on any atom is -0.496 e. The van der Waals surface area contributed by atoms with Crippen molar-refractivity contribution in [3.05, 3.63) is 56.9 Å². The number of aryl methyl sites for hydroxylation is 1. The fourth-order valence-corrected chi connectivity index (χ4v) is 2.39. The third-order valence-electron chi connectivity index (χ3n) is 4.02. The van der Waals surface area contributed by atoms with E-state index in [1.807, 2.05) is 18.5 Å². The molecule has 8 nitrogen and oxygen atoms in total. The van der Waals surface area contributed by atoms with Crippen LogP contribution in [-0.4, -0.2) is 35.0 Å². The first-order valence-electron chi connectivity index (χ1n) is 7.42. The molecule has 0 atom stereocenters. The van der Waals surface area contributed by atoms with Gasteiger partial charge in [-0.3, -0.25) is 14.9 Å². The molecule has 0 aliphatic heterocycles. The second-order valence-corrected chi connectivity index (χ2v) is 5.48.